The standard InChI is InChI=1S/C27H37N3O5/c1-26(2,3)35-25(33)30-11-10-20-14-28-23(22(20)15-30)24(32)29(4)17-27(18-31)12-21(13-27)34-16-19-8-6-5-7-9-19/h5-9,14,21,28,31H,10-13,15-18H2,1-4H3. The van der Waals surface area contributed by atoms with Crippen molar-refractivity contribution in [3.8, 4) is 0 Å². The fourth-order valence-corrected chi connectivity index (χ4v) is 4.98. The summed E-state index contributed by atoms with van der Waals surface area (Å²) in [6.45, 7) is 7.41. The van der Waals surface area contributed by atoms with Crippen LogP contribution in [0.1, 0.15) is 60.8 Å². The zero-order chi connectivity index (χ0) is 25.2. The van der Waals surface area contributed by atoms with Crippen LogP contribution in [0.25, 0.3) is 0 Å². The summed E-state index contributed by atoms with van der Waals surface area (Å²) in [5, 5.41) is 10.1. The van der Waals surface area contributed by atoms with E-state index in [4.69, 9.17) is 9.47 Å². The van der Waals surface area contributed by atoms with Gasteiger partial charge in [-0.05, 0) is 51.2 Å². The Morgan fingerprint density at radius 1 is 1.23 bits per heavy atom. The Balaban J connectivity index is 1.35. The summed E-state index contributed by atoms with van der Waals surface area (Å²) >= 11 is 0. The second kappa shape index (κ2) is 10.0. The van der Waals surface area contributed by atoms with Gasteiger partial charge in [-0.1, -0.05) is 30.3 Å². The quantitative estimate of drug-likeness (QED) is 0.626. The van der Waals surface area contributed by atoms with E-state index < -0.39 is 5.60 Å². The van der Waals surface area contributed by atoms with E-state index in [0.29, 0.717) is 51.2 Å². The lowest BCUT2D eigenvalue weighted by Crippen LogP contribution is -2.52. The molecule has 8 nitrogen and oxygen atoms in total. The summed E-state index contributed by atoms with van der Waals surface area (Å²) < 4.78 is 11.5. The van der Waals surface area contributed by atoms with Gasteiger partial charge in [-0.3, -0.25) is 4.79 Å². The highest BCUT2D eigenvalue weighted by molar-refractivity contribution is 5.94. The van der Waals surface area contributed by atoms with Gasteiger partial charge in [0.15, 0.2) is 0 Å². The van der Waals surface area contributed by atoms with Crippen molar-refractivity contribution in [2.24, 2.45) is 5.41 Å². The monoisotopic (exact) mass is 483 g/mol. The topological polar surface area (TPSA) is 95.1 Å². The Hall–Kier alpha value is -2.84. The van der Waals surface area contributed by atoms with Crippen LogP contribution in [0, 0.1) is 5.41 Å². The number of carbonyl (C=O) groups excluding carboxylic acids is 2. The molecule has 35 heavy (non-hydrogen) atoms. The summed E-state index contributed by atoms with van der Waals surface area (Å²) in [4.78, 5) is 32.4. The third-order valence-electron chi connectivity index (χ3n) is 6.85. The molecule has 2 amide bonds. The number of nitrogens with zero attached hydrogens (tertiary/aromatic N) is 2. The van der Waals surface area contributed by atoms with Crippen molar-refractivity contribution in [3.63, 3.8) is 0 Å². The average molecular weight is 484 g/mol. The molecule has 0 atom stereocenters. The molecule has 1 aromatic heterocycles. The summed E-state index contributed by atoms with van der Waals surface area (Å²) in [6, 6.07) is 10.0. The van der Waals surface area contributed by atoms with Crippen molar-refractivity contribution < 1.29 is 24.2 Å². The highest BCUT2D eigenvalue weighted by Gasteiger charge is 2.46. The number of ether oxygens (including phenoxy) is 2. The average Bonchev–Trinajstić information content (AvgIpc) is 3.22. The summed E-state index contributed by atoms with van der Waals surface area (Å²) in [5.41, 5.74) is 2.59. The van der Waals surface area contributed by atoms with E-state index in [0.717, 1.165) is 16.7 Å². The van der Waals surface area contributed by atoms with Crippen molar-refractivity contribution in [1.29, 1.82) is 0 Å². The van der Waals surface area contributed by atoms with Crippen molar-refractivity contribution in [2.75, 3.05) is 26.7 Å². The molecule has 2 heterocycles. The molecule has 8 heteroatoms. The van der Waals surface area contributed by atoms with Gasteiger partial charge in [0.05, 0.1) is 25.9 Å². The van der Waals surface area contributed by atoms with Crippen LogP contribution in [-0.2, 0) is 29.0 Å². The number of carbonyl (C=O) groups is 2. The van der Waals surface area contributed by atoms with Crippen molar-refractivity contribution in [3.05, 3.63) is 58.9 Å². The number of aromatic amines is 1. The molecule has 1 aliphatic carbocycles. The second-order valence-electron chi connectivity index (χ2n) is 11.0. The predicted molar refractivity (Wildman–Crippen MR) is 132 cm³/mol. The number of hydrogen-bond acceptors (Lipinski definition) is 5. The van der Waals surface area contributed by atoms with Crippen molar-refractivity contribution >= 4 is 12.0 Å². The van der Waals surface area contributed by atoms with E-state index in [2.05, 4.69) is 4.98 Å². The number of aliphatic hydroxyl groups excluding tert-OH is 1. The van der Waals surface area contributed by atoms with Crippen LogP contribution >= 0.6 is 0 Å². The van der Waals surface area contributed by atoms with Gasteiger partial charge < -0.3 is 29.4 Å². The smallest absolute Gasteiger partial charge is 0.410 e. The molecule has 0 radical (unpaired) electrons. The Morgan fingerprint density at radius 2 is 1.94 bits per heavy atom. The lowest BCUT2D eigenvalue weighted by molar-refractivity contribution is -0.114. The molecule has 2 N–H and O–H groups in total. The molecule has 1 saturated carbocycles. The van der Waals surface area contributed by atoms with Gasteiger partial charge in [-0.2, -0.15) is 0 Å². The predicted octanol–water partition coefficient (Wildman–Crippen LogP) is 3.74. The Kier molecular flexibility index (Phi) is 7.24. The number of amides is 2. The summed E-state index contributed by atoms with van der Waals surface area (Å²) in [5.74, 6) is -0.140. The molecule has 0 saturated heterocycles. The number of H-pyrrole nitrogens is 1. The van der Waals surface area contributed by atoms with Crippen LogP contribution in [0.3, 0.4) is 0 Å². The van der Waals surface area contributed by atoms with Crippen molar-refractivity contribution in [2.45, 2.75) is 64.9 Å². The molecular formula is C27H37N3O5. The van der Waals surface area contributed by atoms with Gasteiger partial charge >= 0.3 is 6.09 Å². The van der Waals surface area contributed by atoms with Gasteiger partial charge in [0.1, 0.15) is 11.3 Å². The molecule has 0 bridgehead atoms. The van der Waals surface area contributed by atoms with Crippen LogP contribution in [0.15, 0.2) is 36.5 Å². The highest BCUT2D eigenvalue weighted by atomic mass is 16.6. The molecule has 2 aromatic rings. The molecule has 0 unspecified atom stereocenters. The number of hydrogen-bond donors (Lipinski definition) is 2. The van der Waals surface area contributed by atoms with Gasteiger partial charge in [-0.25, -0.2) is 4.79 Å². The van der Waals surface area contributed by atoms with E-state index in [1.165, 1.54) is 0 Å². The minimum Gasteiger partial charge on any atom is -0.444 e. The second-order valence-corrected chi connectivity index (χ2v) is 11.0. The largest absolute Gasteiger partial charge is 0.444 e. The molecule has 4 rings (SSSR count). The molecule has 1 fully saturated rings. The first-order chi connectivity index (χ1) is 16.6. The van der Waals surface area contributed by atoms with E-state index in [-0.39, 0.29) is 30.1 Å². The number of rotatable bonds is 7. The van der Waals surface area contributed by atoms with Crippen LogP contribution in [0.4, 0.5) is 4.79 Å². The molecule has 1 aliphatic heterocycles. The van der Waals surface area contributed by atoms with Crippen molar-refractivity contribution in [1.82, 2.24) is 14.8 Å². The summed E-state index contributed by atoms with van der Waals surface area (Å²) in [6.07, 6.45) is 3.66. The van der Waals surface area contributed by atoms with E-state index >= 15 is 0 Å². The lowest BCUT2D eigenvalue weighted by atomic mass is 9.67. The Morgan fingerprint density at radius 3 is 2.60 bits per heavy atom. The van der Waals surface area contributed by atoms with Crippen LogP contribution < -0.4 is 0 Å². The highest BCUT2D eigenvalue weighted by Crippen LogP contribution is 2.43. The third-order valence-corrected chi connectivity index (χ3v) is 6.85. The Labute approximate surface area is 207 Å². The normalized spacial score (nSPS) is 21.7. The fourth-order valence-electron chi connectivity index (χ4n) is 4.98. The van der Waals surface area contributed by atoms with Gasteiger partial charge in [0, 0.05) is 37.3 Å². The van der Waals surface area contributed by atoms with E-state index in [9.17, 15) is 14.7 Å². The third kappa shape index (κ3) is 5.87. The minimum atomic E-state index is -0.571. The number of nitrogens with one attached hydrogen (secondary N) is 1. The zero-order valence-electron chi connectivity index (χ0n) is 21.2. The van der Waals surface area contributed by atoms with Gasteiger partial charge in [-0.15, -0.1) is 0 Å². The summed E-state index contributed by atoms with van der Waals surface area (Å²) in [7, 11) is 1.76. The maximum atomic E-state index is 13.4. The van der Waals surface area contributed by atoms with Gasteiger partial charge in [0.25, 0.3) is 5.91 Å². The first-order valence-electron chi connectivity index (χ1n) is 12.3. The SMILES string of the molecule is CN(CC1(CO)CC(OCc2ccccc2)C1)C(=O)c1[nH]cc2c1CN(C(=O)OC(C)(C)C)CC2. The Bertz CT molecular complexity index is 1040. The van der Waals surface area contributed by atoms with Crippen LogP contribution in [0.5, 0.6) is 0 Å². The number of aromatic nitrogens is 1. The zero-order valence-corrected chi connectivity index (χ0v) is 21.2. The van der Waals surface area contributed by atoms with E-state index in [1.54, 1.807) is 16.8 Å². The van der Waals surface area contributed by atoms with Gasteiger partial charge in [0.2, 0.25) is 0 Å². The molecule has 2 aliphatic rings. The molecular weight excluding hydrogens is 446 g/mol. The maximum Gasteiger partial charge on any atom is 0.410 e. The first kappa shape index (κ1) is 25.3. The fraction of sp³-hybridized carbons (Fsp3) is 0.556. The van der Waals surface area contributed by atoms with Crippen LogP contribution in [-0.4, -0.2) is 70.3 Å². The first-order valence-corrected chi connectivity index (χ1v) is 12.3. The number of aliphatic hydroxyl groups is 1. The lowest BCUT2D eigenvalue weighted by Gasteiger charge is -2.48. The number of fused-ring (bicyclic) bond motifs is 1. The molecule has 190 valence electrons. The minimum absolute atomic E-state index is 0.00503. The molecule has 0 spiro atoms. The number of benzene rings is 1. The van der Waals surface area contributed by atoms with E-state index in [1.807, 2.05) is 57.3 Å². The molecule has 1 aromatic carbocycles. The van der Waals surface area contributed by atoms with Crippen LogP contribution in [0.2, 0.25) is 0 Å². The maximum absolute atomic E-state index is 13.4.